The molecular formula is C14H15N3O5. The van der Waals surface area contributed by atoms with Crippen LogP contribution in [0.15, 0.2) is 45.8 Å². The maximum atomic E-state index is 12.0. The van der Waals surface area contributed by atoms with Crippen molar-refractivity contribution in [2.75, 3.05) is 19.6 Å². The van der Waals surface area contributed by atoms with Crippen LogP contribution in [-0.4, -0.2) is 41.7 Å². The van der Waals surface area contributed by atoms with Gasteiger partial charge in [-0.2, -0.15) is 0 Å². The Hall–Kier alpha value is -2.74. The number of urea groups is 2. The summed E-state index contributed by atoms with van der Waals surface area (Å²) in [5.74, 6) is 0.264. The molecule has 116 valence electrons. The van der Waals surface area contributed by atoms with E-state index in [1.54, 1.807) is 18.2 Å². The maximum absolute atomic E-state index is 12.0. The van der Waals surface area contributed by atoms with Gasteiger partial charge in [0, 0.05) is 18.7 Å². The molecule has 4 amide bonds. The summed E-state index contributed by atoms with van der Waals surface area (Å²) in [5.41, 5.74) is -1.14. The normalized spacial score (nSPS) is 17.1. The quantitative estimate of drug-likeness (QED) is 0.776. The van der Waals surface area contributed by atoms with E-state index in [1.165, 1.54) is 18.8 Å². The van der Waals surface area contributed by atoms with E-state index < -0.39 is 17.7 Å². The zero-order chi connectivity index (χ0) is 15.6. The largest absolute Gasteiger partial charge is 0.472 e. The third-order valence-corrected chi connectivity index (χ3v) is 3.52. The maximum Gasteiger partial charge on any atom is 0.325 e. The number of imide groups is 1. The Morgan fingerprint density at radius 2 is 2.32 bits per heavy atom. The molecule has 1 aliphatic rings. The summed E-state index contributed by atoms with van der Waals surface area (Å²) in [6, 6.07) is 3.78. The van der Waals surface area contributed by atoms with E-state index >= 15 is 0 Å². The molecule has 0 spiro atoms. The van der Waals surface area contributed by atoms with E-state index in [2.05, 4.69) is 10.6 Å². The molecule has 0 radical (unpaired) electrons. The van der Waals surface area contributed by atoms with Gasteiger partial charge in [-0.3, -0.25) is 0 Å². The lowest BCUT2D eigenvalue weighted by Gasteiger charge is -2.26. The van der Waals surface area contributed by atoms with Gasteiger partial charge in [-0.1, -0.05) is 0 Å². The van der Waals surface area contributed by atoms with Gasteiger partial charge in [0.15, 0.2) is 5.60 Å². The number of carbonyl (C=O) groups excluding carboxylic acids is 2. The fourth-order valence-electron chi connectivity index (χ4n) is 2.31. The average molecular weight is 305 g/mol. The van der Waals surface area contributed by atoms with Gasteiger partial charge in [-0.15, -0.1) is 0 Å². The molecule has 0 aromatic carbocycles. The van der Waals surface area contributed by atoms with E-state index in [0.29, 0.717) is 12.1 Å². The Balaban J connectivity index is 1.77. The molecule has 1 saturated heterocycles. The van der Waals surface area contributed by atoms with Crippen LogP contribution in [-0.2, 0) is 5.60 Å². The number of nitrogens with one attached hydrogen (secondary N) is 2. The van der Waals surface area contributed by atoms with Gasteiger partial charge in [-0.05, 0) is 18.2 Å². The molecule has 1 unspecified atom stereocenters. The lowest BCUT2D eigenvalue weighted by molar-refractivity contribution is 0.0571. The minimum absolute atomic E-state index is 0.164. The van der Waals surface area contributed by atoms with Gasteiger partial charge in [0.05, 0.1) is 25.3 Å². The molecule has 0 saturated carbocycles. The first-order chi connectivity index (χ1) is 10.6. The van der Waals surface area contributed by atoms with Crippen molar-refractivity contribution in [3.63, 3.8) is 0 Å². The minimum atomic E-state index is -1.58. The Morgan fingerprint density at radius 3 is 2.91 bits per heavy atom. The lowest BCUT2D eigenvalue weighted by Crippen LogP contribution is -2.47. The van der Waals surface area contributed by atoms with Crippen LogP contribution < -0.4 is 10.6 Å². The van der Waals surface area contributed by atoms with Crippen molar-refractivity contribution < 1.29 is 23.5 Å². The van der Waals surface area contributed by atoms with Gasteiger partial charge in [0.2, 0.25) is 0 Å². The number of aliphatic hydroxyl groups is 1. The zero-order valence-corrected chi connectivity index (χ0v) is 11.6. The van der Waals surface area contributed by atoms with E-state index in [-0.39, 0.29) is 18.8 Å². The second kappa shape index (κ2) is 5.57. The summed E-state index contributed by atoms with van der Waals surface area (Å²) >= 11 is 0. The molecular weight excluding hydrogens is 290 g/mol. The van der Waals surface area contributed by atoms with Crippen LogP contribution in [0.3, 0.4) is 0 Å². The van der Waals surface area contributed by atoms with Crippen LogP contribution in [0.4, 0.5) is 9.59 Å². The van der Waals surface area contributed by atoms with E-state index in [4.69, 9.17) is 8.83 Å². The molecule has 1 aliphatic heterocycles. The van der Waals surface area contributed by atoms with Crippen molar-refractivity contribution in [1.82, 2.24) is 15.5 Å². The number of amides is 4. The third-order valence-electron chi connectivity index (χ3n) is 3.52. The van der Waals surface area contributed by atoms with Crippen molar-refractivity contribution in [1.29, 1.82) is 0 Å². The first kappa shape index (κ1) is 14.2. The first-order valence-corrected chi connectivity index (χ1v) is 6.73. The molecule has 1 atom stereocenters. The number of carbonyl (C=O) groups is 2. The first-order valence-electron chi connectivity index (χ1n) is 6.73. The van der Waals surface area contributed by atoms with Gasteiger partial charge in [0.25, 0.3) is 0 Å². The van der Waals surface area contributed by atoms with E-state index in [0.717, 1.165) is 4.90 Å². The van der Waals surface area contributed by atoms with Crippen LogP contribution >= 0.6 is 0 Å². The number of furan rings is 2. The second-order valence-corrected chi connectivity index (χ2v) is 4.89. The van der Waals surface area contributed by atoms with Crippen LogP contribution in [0.5, 0.6) is 0 Å². The molecule has 0 bridgehead atoms. The summed E-state index contributed by atoms with van der Waals surface area (Å²) in [4.78, 5) is 24.5. The summed E-state index contributed by atoms with van der Waals surface area (Å²) < 4.78 is 10.3. The molecule has 3 heterocycles. The number of nitrogens with zero attached hydrogens (tertiary/aromatic N) is 1. The predicted octanol–water partition coefficient (Wildman–Crippen LogP) is 0.843. The molecule has 2 aromatic heterocycles. The van der Waals surface area contributed by atoms with Crippen LogP contribution in [0, 0.1) is 0 Å². The molecule has 1 fully saturated rings. The van der Waals surface area contributed by atoms with E-state index in [1.807, 2.05) is 0 Å². The fourth-order valence-corrected chi connectivity index (χ4v) is 2.31. The predicted molar refractivity (Wildman–Crippen MR) is 73.9 cm³/mol. The van der Waals surface area contributed by atoms with Crippen molar-refractivity contribution in [2.24, 2.45) is 0 Å². The summed E-state index contributed by atoms with van der Waals surface area (Å²) in [6.45, 7) is 0.536. The monoisotopic (exact) mass is 305 g/mol. The van der Waals surface area contributed by atoms with Gasteiger partial charge >= 0.3 is 12.1 Å². The standard InChI is InChI=1S/C14H15N3O5/c18-12-15-4-5-17(12)13(19)16-9-14(20,10-3-7-21-8-10)11-2-1-6-22-11/h1-3,6-8,20H,4-5,9H2,(H,15,18)(H,16,19). The fraction of sp³-hybridized carbons (Fsp3) is 0.286. The van der Waals surface area contributed by atoms with Crippen LogP contribution in [0.2, 0.25) is 0 Å². The Labute approximate surface area is 125 Å². The molecule has 2 aromatic rings. The van der Waals surface area contributed by atoms with Crippen molar-refractivity contribution in [2.45, 2.75) is 5.60 Å². The zero-order valence-electron chi connectivity index (χ0n) is 11.6. The highest BCUT2D eigenvalue weighted by atomic mass is 16.4. The second-order valence-electron chi connectivity index (χ2n) is 4.89. The summed E-state index contributed by atoms with van der Waals surface area (Å²) in [7, 11) is 0. The highest BCUT2D eigenvalue weighted by Gasteiger charge is 2.37. The molecule has 8 heteroatoms. The number of hydrogen-bond donors (Lipinski definition) is 3. The van der Waals surface area contributed by atoms with Crippen LogP contribution in [0.1, 0.15) is 11.3 Å². The molecule has 8 nitrogen and oxygen atoms in total. The van der Waals surface area contributed by atoms with Crippen molar-refractivity contribution in [3.8, 4) is 0 Å². The Kier molecular flexibility index (Phi) is 3.60. The highest BCUT2D eigenvalue weighted by Crippen LogP contribution is 2.29. The molecule has 0 aliphatic carbocycles. The summed E-state index contributed by atoms with van der Waals surface area (Å²) in [5, 5.41) is 16.0. The van der Waals surface area contributed by atoms with Crippen molar-refractivity contribution in [3.05, 3.63) is 48.3 Å². The number of rotatable bonds is 4. The Bertz CT molecular complexity index is 616. The van der Waals surface area contributed by atoms with Gasteiger partial charge in [-0.25, -0.2) is 14.5 Å². The van der Waals surface area contributed by atoms with E-state index in [9.17, 15) is 14.7 Å². The third kappa shape index (κ3) is 2.44. The smallest absolute Gasteiger partial charge is 0.325 e. The van der Waals surface area contributed by atoms with Gasteiger partial charge in [0.1, 0.15) is 5.76 Å². The minimum Gasteiger partial charge on any atom is -0.472 e. The number of hydrogen-bond acceptors (Lipinski definition) is 5. The molecule has 3 rings (SSSR count). The SMILES string of the molecule is O=C1NCCN1C(=O)NCC(O)(c1ccoc1)c1ccco1. The van der Waals surface area contributed by atoms with Crippen molar-refractivity contribution >= 4 is 12.1 Å². The molecule has 22 heavy (non-hydrogen) atoms. The van der Waals surface area contributed by atoms with Gasteiger partial charge < -0.3 is 24.6 Å². The lowest BCUT2D eigenvalue weighted by atomic mass is 9.93. The Morgan fingerprint density at radius 1 is 1.45 bits per heavy atom. The summed E-state index contributed by atoms with van der Waals surface area (Å²) in [6.07, 6.45) is 4.21. The highest BCUT2D eigenvalue weighted by molar-refractivity contribution is 5.94. The molecule has 3 N–H and O–H groups in total. The van der Waals surface area contributed by atoms with Crippen LogP contribution in [0.25, 0.3) is 0 Å². The average Bonchev–Trinajstić information content (AvgIpc) is 3.24. The topological polar surface area (TPSA) is 108 Å².